The highest BCUT2D eigenvalue weighted by Crippen LogP contribution is 2.25. The molecular weight excluding hydrogens is 368 g/mol. The highest BCUT2D eigenvalue weighted by atomic mass is 35.5. The molecule has 0 aromatic heterocycles. The molecule has 0 atom stereocenters. The third-order valence-electron chi connectivity index (χ3n) is 3.68. The first-order chi connectivity index (χ1) is 12.9. The summed E-state index contributed by atoms with van der Waals surface area (Å²) in [5, 5.41) is 0.671. The number of ether oxygens (including phenoxy) is 2. The average Bonchev–Trinajstić information content (AvgIpc) is 2.67. The molecule has 0 spiro atoms. The fourth-order valence-corrected chi connectivity index (χ4v) is 2.40. The Hall–Kier alpha value is -2.73. The Kier molecular flexibility index (Phi) is 7.49. The van der Waals surface area contributed by atoms with Gasteiger partial charge in [0.1, 0.15) is 11.5 Å². The molecule has 2 rings (SSSR count). The van der Waals surface area contributed by atoms with Gasteiger partial charge in [0, 0.05) is 10.6 Å². The first-order valence-corrected chi connectivity index (χ1v) is 9.00. The van der Waals surface area contributed by atoms with Gasteiger partial charge in [-0.3, -0.25) is 20.4 Å². The van der Waals surface area contributed by atoms with Crippen LogP contribution in [0.25, 0.3) is 0 Å². The zero-order valence-corrected chi connectivity index (χ0v) is 16.4. The molecule has 0 heterocycles. The van der Waals surface area contributed by atoms with E-state index >= 15 is 0 Å². The largest absolute Gasteiger partial charge is 0.494 e. The zero-order chi connectivity index (χ0) is 19.8. The summed E-state index contributed by atoms with van der Waals surface area (Å²) in [4.78, 5) is 23.9. The molecule has 2 amide bonds. The van der Waals surface area contributed by atoms with Crippen molar-refractivity contribution in [1.82, 2.24) is 10.9 Å². The Labute approximate surface area is 163 Å². The van der Waals surface area contributed by atoms with Gasteiger partial charge in [-0.15, -0.1) is 0 Å². The maximum absolute atomic E-state index is 12.1. The van der Waals surface area contributed by atoms with E-state index in [1.54, 1.807) is 36.4 Å². The molecule has 0 saturated heterocycles. The third kappa shape index (κ3) is 6.18. The van der Waals surface area contributed by atoms with Crippen LogP contribution < -0.4 is 20.3 Å². The molecule has 27 heavy (non-hydrogen) atoms. The number of amides is 2. The number of carbonyl (C=O) groups excluding carboxylic acids is 2. The number of hydrogen-bond acceptors (Lipinski definition) is 4. The number of benzene rings is 2. The van der Waals surface area contributed by atoms with E-state index in [9.17, 15) is 9.59 Å². The van der Waals surface area contributed by atoms with Crippen molar-refractivity contribution < 1.29 is 19.1 Å². The van der Waals surface area contributed by atoms with Crippen molar-refractivity contribution >= 4 is 23.4 Å². The highest BCUT2D eigenvalue weighted by Gasteiger charge is 2.09. The molecule has 0 aliphatic heterocycles. The van der Waals surface area contributed by atoms with Gasteiger partial charge in [0.15, 0.2) is 6.61 Å². The van der Waals surface area contributed by atoms with Gasteiger partial charge in [0.05, 0.1) is 6.61 Å². The standard InChI is InChI=1S/C20H23ClN2O4/c1-4-9-26-16-7-5-15(6-8-16)20(25)23-22-18(24)12-27-17-10-13(2)19(21)14(3)11-17/h5-8,10-11H,4,9,12H2,1-3H3,(H,22,24)(H,23,25). The lowest BCUT2D eigenvalue weighted by atomic mass is 10.1. The van der Waals surface area contributed by atoms with Gasteiger partial charge in [-0.05, 0) is 67.8 Å². The van der Waals surface area contributed by atoms with Gasteiger partial charge in [0.25, 0.3) is 11.8 Å². The summed E-state index contributed by atoms with van der Waals surface area (Å²) in [7, 11) is 0. The molecule has 0 aliphatic rings. The first-order valence-electron chi connectivity index (χ1n) is 8.62. The summed E-state index contributed by atoms with van der Waals surface area (Å²) < 4.78 is 10.9. The second-order valence-electron chi connectivity index (χ2n) is 6.03. The van der Waals surface area contributed by atoms with Gasteiger partial charge in [-0.25, -0.2) is 0 Å². The van der Waals surface area contributed by atoms with E-state index in [1.807, 2.05) is 20.8 Å². The maximum atomic E-state index is 12.1. The number of carbonyl (C=O) groups is 2. The zero-order valence-electron chi connectivity index (χ0n) is 15.6. The van der Waals surface area contributed by atoms with E-state index in [0.717, 1.165) is 17.5 Å². The van der Waals surface area contributed by atoms with E-state index in [0.29, 0.717) is 28.7 Å². The smallest absolute Gasteiger partial charge is 0.276 e. The molecule has 6 nitrogen and oxygen atoms in total. The molecule has 0 aliphatic carbocycles. The molecular formula is C20H23ClN2O4. The van der Waals surface area contributed by atoms with Gasteiger partial charge >= 0.3 is 0 Å². The molecule has 144 valence electrons. The first kappa shape index (κ1) is 20.6. The Bertz CT molecular complexity index is 783. The van der Waals surface area contributed by atoms with Crippen molar-refractivity contribution in [3.8, 4) is 11.5 Å². The predicted octanol–water partition coefficient (Wildman–Crippen LogP) is 3.59. The van der Waals surface area contributed by atoms with Crippen LogP contribution in [0.4, 0.5) is 0 Å². The van der Waals surface area contributed by atoms with Crippen LogP contribution in [0.5, 0.6) is 11.5 Å². The number of halogens is 1. The van der Waals surface area contributed by atoms with Crippen LogP contribution in [0.3, 0.4) is 0 Å². The van der Waals surface area contributed by atoms with Crippen molar-refractivity contribution in [3.63, 3.8) is 0 Å². The maximum Gasteiger partial charge on any atom is 0.276 e. The molecule has 0 radical (unpaired) electrons. The lowest BCUT2D eigenvalue weighted by Crippen LogP contribution is -2.43. The molecule has 2 aromatic carbocycles. The topological polar surface area (TPSA) is 76.7 Å². The summed E-state index contributed by atoms with van der Waals surface area (Å²) in [5.74, 6) is 0.331. The fraction of sp³-hybridized carbons (Fsp3) is 0.300. The quantitative estimate of drug-likeness (QED) is 0.708. The Morgan fingerprint density at radius 1 is 0.963 bits per heavy atom. The van der Waals surface area contributed by atoms with Crippen molar-refractivity contribution in [2.75, 3.05) is 13.2 Å². The molecule has 0 fully saturated rings. The molecule has 2 N–H and O–H groups in total. The van der Waals surface area contributed by atoms with E-state index < -0.39 is 11.8 Å². The van der Waals surface area contributed by atoms with E-state index in [-0.39, 0.29) is 6.61 Å². The van der Waals surface area contributed by atoms with Gasteiger partial charge in [0.2, 0.25) is 0 Å². The monoisotopic (exact) mass is 390 g/mol. The minimum absolute atomic E-state index is 0.232. The molecule has 7 heteroatoms. The third-order valence-corrected chi connectivity index (χ3v) is 4.28. The van der Waals surface area contributed by atoms with Crippen LogP contribution in [-0.2, 0) is 4.79 Å². The lowest BCUT2D eigenvalue weighted by Gasteiger charge is -2.11. The van der Waals surface area contributed by atoms with Crippen LogP contribution in [0, 0.1) is 13.8 Å². The second-order valence-corrected chi connectivity index (χ2v) is 6.41. The van der Waals surface area contributed by atoms with Crippen LogP contribution in [0.1, 0.15) is 34.8 Å². The van der Waals surface area contributed by atoms with Crippen molar-refractivity contribution in [2.45, 2.75) is 27.2 Å². The summed E-state index contributed by atoms with van der Waals surface area (Å²) in [5.41, 5.74) is 6.81. The highest BCUT2D eigenvalue weighted by molar-refractivity contribution is 6.32. The number of rotatable bonds is 7. The Morgan fingerprint density at radius 3 is 2.19 bits per heavy atom. The number of hydrogen-bond donors (Lipinski definition) is 2. The van der Waals surface area contributed by atoms with Crippen molar-refractivity contribution in [2.24, 2.45) is 0 Å². The second kappa shape index (κ2) is 9.83. The Morgan fingerprint density at radius 2 is 1.59 bits per heavy atom. The SMILES string of the molecule is CCCOc1ccc(C(=O)NNC(=O)COc2cc(C)c(Cl)c(C)c2)cc1. The molecule has 0 bridgehead atoms. The molecule has 2 aromatic rings. The van der Waals surface area contributed by atoms with Crippen LogP contribution in [0.15, 0.2) is 36.4 Å². The van der Waals surface area contributed by atoms with Crippen molar-refractivity contribution in [3.05, 3.63) is 58.1 Å². The van der Waals surface area contributed by atoms with Gasteiger partial charge in [-0.2, -0.15) is 0 Å². The minimum atomic E-state index is -0.475. The average molecular weight is 391 g/mol. The predicted molar refractivity (Wildman–Crippen MR) is 104 cm³/mol. The normalized spacial score (nSPS) is 10.2. The van der Waals surface area contributed by atoms with E-state index in [2.05, 4.69) is 10.9 Å². The number of aryl methyl sites for hydroxylation is 2. The fourth-order valence-electron chi connectivity index (χ4n) is 2.30. The van der Waals surface area contributed by atoms with Crippen LogP contribution in [0.2, 0.25) is 5.02 Å². The van der Waals surface area contributed by atoms with Crippen LogP contribution >= 0.6 is 11.6 Å². The summed E-state index contributed by atoms with van der Waals surface area (Å²) >= 11 is 6.10. The molecule has 0 unspecified atom stereocenters. The van der Waals surface area contributed by atoms with E-state index in [4.69, 9.17) is 21.1 Å². The number of hydrazine groups is 1. The summed E-state index contributed by atoms with van der Waals surface area (Å²) in [6.45, 7) is 6.13. The molecule has 0 saturated carbocycles. The Balaban J connectivity index is 1.80. The van der Waals surface area contributed by atoms with Crippen molar-refractivity contribution in [1.29, 1.82) is 0 Å². The lowest BCUT2D eigenvalue weighted by molar-refractivity contribution is -0.123. The van der Waals surface area contributed by atoms with Crippen LogP contribution in [-0.4, -0.2) is 25.0 Å². The number of nitrogens with one attached hydrogen (secondary N) is 2. The summed E-state index contributed by atoms with van der Waals surface area (Å²) in [6, 6.07) is 10.2. The summed E-state index contributed by atoms with van der Waals surface area (Å²) in [6.07, 6.45) is 0.908. The van der Waals surface area contributed by atoms with Gasteiger partial charge in [-0.1, -0.05) is 18.5 Å². The van der Waals surface area contributed by atoms with Gasteiger partial charge < -0.3 is 9.47 Å². The minimum Gasteiger partial charge on any atom is -0.494 e. The van der Waals surface area contributed by atoms with E-state index in [1.165, 1.54) is 0 Å².